The van der Waals surface area contributed by atoms with Crippen molar-refractivity contribution >= 4 is 34.2 Å². The minimum Gasteiger partial charge on any atom is -0.350 e. The van der Waals surface area contributed by atoms with E-state index in [9.17, 15) is 18.0 Å². The molecule has 0 spiro atoms. The van der Waals surface area contributed by atoms with Gasteiger partial charge in [-0.2, -0.15) is 0 Å². The number of sulfonamides is 1. The number of hydrogen-bond donors (Lipinski definition) is 2. The van der Waals surface area contributed by atoms with E-state index in [0.717, 1.165) is 4.31 Å². The Kier molecular flexibility index (Phi) is 5.22. The van der Waals surface area contributed by atoms with Gasteiger partial charge in [0.15, 0.2) is 0 Å². The van der Waals surface area contributed by atoms with Crippen molar-refractivity contribution < 1.29 is 18.0 Å². The van der Waals surface area contributed by atoms with Gasteiger partial charge in [0.05, 0.1) is 5.56 Å². The van der Waals surface area contributed by atoms with Crippen molar-refractivity contribution in [2.45, 2.75) is 36.7 Å². The standard InChI is InChI=1S/C15H19N3O4S.ClH/c1-9(16-2)8-17-14(19)10-3-6-12-13(7-10)23(21,22)18(15(12)20)11-4-5-11;/h3,6-7,9,11,16H,4-5,8H2,1-2H3,(H,17,19);1H. The summed E-state index contributed by atoms with van der Waals surface area (Å²) in [6.45, 7) is 2.34. The summed E-state index contributed by atoms with van der Waals surface area (Å²) in [6.07, 6.45) is 1.41. The zero-order valence-electron chi connectivity index (χ0n) is 13.4. The number of hydrogen-bond acceptors (Lipinski definition) is 5. The molecule has 0 radical (unpaired) electrons. The van der Waals surface area contributed by atoms with Gasteiger partial charge in [0.25, 0.3) is 21.8 Å². The predicted molar refractivity (Wildman–Crippen MR) is 90.9 cm³/mol. The zero-order valence-corrected chi connectivity index (χ0v) is 15.0. The summed E-state index contributed by atoms with van der Waals surface area (Å²) < 4.78 is 26.0. The number of fused-ring (bicyclic) bond motifs is 1. The Bertz CT molecular complexity index is 777. The molecule has 24 heavy (non-hydrogen) atoms. The van der Waals surface area contributed by atoms with E-state index in [1.165, 1.54) is 18.2 Å². The van der Waals surface area contributed by atoms with Gasteiger partial charge in [-0.3, -0.25) is 9.59 Å². The largest absolute Gasteiger partial charge is 0.350 e. The van der Waals surface area contributed by atoms with Crippen LogP contribution >= 0.6 is 12.4 Å². The molecule has 1 aliphatic heterocycles. The number of rotatable bonds is 5. The number of benzene rings is 1. The highest BCUT2D eigenvalue weighted by atomic mass is 35.5. The van der Waals surface area contributed by atoms with Crippen LogP contribution in [0, 0.1) is 0 Å². The van der Waals surface area contributed by atoms with Gasteiger partial charge >= 0.3 is 0 Å². The van der Waals surface area contributed by atoms with Crippen LogP contribution in [0.2, 0.25) is 0 Å². The molecule has 1 unspecified atom stereocenters. The van der Waals surface area contributed by atoms with E-state index in [1.54, 1.807) is 7.05 Å². The van der Waals surface area contributed by atoms with Crippen LogP contribution in [0.5, 0.6) is 0 Å². The van der Waals surface area contributed by atoms with Gasteiger partial charge in [-0.15, -0.1) is 12.4 Å². The van der Waals surface area contributed by atoms with Crippen LogP contribution in [0.1, 0.15) is 40.5 Å². The highest BCUT2D eigenvalue weighted by Gasteiger charge is 2.48. The first kappa shape index (κ1) is 18.7. The van der Waals surface area contributed by atoms with E-state index in [2.05, 4.69) is 10.6 Å². The lowest BCUT2D eigenvalue weighted by atomic mass is 10.1. The van der Waals surface area contributed by atoms with Crippen molar-refractivity contribution in [3.8, 4) is 0 Å². The Labute approximate surface area is 147 Å². The highest BCUT2D eigenvalue weighted by molar-refractivity contribution is 7.90. The Hall–Kier alpha value is -1.64. The minimum atomic E-state index is -3.83. The second kappa shape index (κ2) is 6.70. The molecule has 1 aromatic carbocycles. The molecule has 3 rings (SSSR count). The number of amides is 2. The van der Waals surface area contributed by atoms with Crippen molar-refractivity contribution in [3.63, 3.8) is 0 Å². The third-order valence-electron chi connectivity index (χ3n) is 4.15. The monoisotopic (exact) mass is 373 g/mol. The van der Waals surface area contributed by atoms with Crippen LogP contribution in [-0.2, 0) is 10.0 Å². The number of carbonyl (C=O) groups excluding carboxylic acids is 2. The maximum absolute atomic E-state index is 12.5. The number of likely N-dealkylation sites (N-methyl/N-ethyl adjacent to an activating group) is 1. The van der Waals surface area contributed by atoms with E-state index in [4.69, 9.17) is 0 Å². The number of nitrogens with one attached hydrogen (secondary N) is 2. The average Bonchev–Trinajstić information content (AvgIpc) is 3.33. The molecule has 0 saturated heterocycles. The lowest BCUT2D eigenvalue weighted by molar-refractivity contribution is 0.0863. The van der Waals surface area contributed by atoms with Gasteiger partial charge in [0.1, 0.15) is 4.90 Å². The summed E-state index contributed by atoms with van der Waals surface area (Å²) in [7, 11) is -2.04. The molecule has 9 heteroatoms. The topological polar surface area (TPSA) is 95.6 Å². The van der Waals surface area contributed by atoms with Gasteiger partial charge < -0.3 is 10.6 Å². The van der Waals surface area contributed by atoms with Crippen LogP contribution in [0.15, 0.2) is 23.1 Å². The number of carbonyl (C=O) groups is 2. The Morgan fingerprint density at radius 1 is 1.38 bits per heavy atom. The lowest BCUT2D eigenvalue weighted by Gasteiger charge is -2.13. The molecule has 1 aliphatic carbocycles. The van der Waals surface area contributed by atoms with E-state index in [1.807, 2.05) is 6.92 Å². The smallest absolute Gasteiger partial charge is 0.269 e. The molecule has 1 atom stereocenters. The van der Waals surface area contributed by atoms with Crippen LogP contribution in [-0.4, -0.2) is 50.2 Å². The molecule has 0 aromatic heterocycles. The normalized spacial score (nSPS) is 19.4. The van der Waals surface area contributed by atoms with E-state index < -0.39 is 15.9 Å². The Morgan fingerprint density at radius 3 is 2.62 bits per heavy atom. The van der Waals surface area contributed by atoms with Crippen molar-refractivity contribution in [2.24, 2.45) is 0 Å². The molecule has 7 nitrogen and oxygen atoms in total. The summed E-state index contributed by atoms with van der Waals surface area (Å²) in [4.78, 5) is 24.4. The van der Waals surface area contributed by atoms with Gasteiger partial charge in [-0.25, -0.2) is 12.7 Å². The van der Waals surface area contributed by atoms with E-state index >= 15 is 0 Å². The maximum atomic E-state index is 12.5. The van der Waals surface area contributed by atoms with Crippen LogP contribution in [0.25, 0.3) is 0 Å². The van der Waals surface area contributed by atoms with Gasteiger partial charge in [-0.1, -0.05) is 0 Å². The summed E-state index contributed by atoms with van der Waals surface area (Å²) >= 11 is 0. The second-order valence-electron chi connectivity index (χ2n) is 5.95. The minimum absolute atomic E-state index is 0. The summed E-state index contributed by atoms with van der Waals surface area (Å²) in [5.41, 5.74) is 0.387. The molecule has 2 N–H and O–H groups in total. The Balaban J connectivity index is 0.00000208. The molecule has 1 saturated carbocycles. The third-order valence-corrected chi connectivity index (χ3v) is 6.03. The summed E-state index contributed by atoms with van der Waals surface area (Å²) in [6, 6.07) is 4.08. The first-order valence-electron chi connectivity index (χ1n) is 7.54. The van der Waals surface area contributed by atoms with E-state index in [0.29, 0.717) is 19.4 Å². The molecule has 1 fully saturated rings. The van der Waals surface area contributed by atoms with Gasteiger partial charge in [0, 0.05) is 24.2 Å². The summed E-state index contributed by atoms with van der Waals surface area (Å²) in [5.74, 6) is -0.847. The molecule has 0 bridgehead atoms. The number of nitrogens with zero attached hydrogens (tertiary/aromatic N) is 1. The predicted octanol–water partition coefficient (Wildman–Crippen LogP) is 0.753. The lowest BCUT2D eigenvalue weighted by Crippen LogP contribution is -2.37. The molecule has 1 heterocycles. The molecule has 2 aliphatic rings. The average molecular weight is 374 g/mol. The van der Waals surface area contributed by atoms with Crippen molar-refractivity contribution in [1.82, 2.24) is 14.9 Å². The van der Waals surface area contributed by atoms with Crippen molar-refractivity contribution in [2.75, 3.05) is 13.6 Å². The van der Waals surface area contributed by atoms with Gasteiger partial charge in [-0.05, 0) is 45.0 Å². The molecular weight excluding hydrogens is 354 g/mol. The maximum Gasteiger partial charge on any atom is 0.269 e. The van der Waals surface area contributed by atoms with Crippen LogP contribution < -0.4 is 10.6 Å². The van der Waals surface area contributed by atoms with Crippen molar-refractivity contribution in [3.05, 3.63) is 29.3 Å². The van der Waals surface area contributed by atoms with Gasteiger partial charge in [0.2, 0.25) is 0 Å². The fourth-order valence-electron chi connectivity index (χ4n) is 2.51. The second-order valence-corrected chi connectivity index (χ2v) is 7.73. The SMILES string of the molecule is CNC(C)CNC(=O)c1ccc2c(c1)S(=O)(=O)N(C1CC1)C2=O.Cl. The molecule has 132 valence electrons. The van der Waals surface area contributed by atoms with E-state index in [-0.39, 0.29) is 46.4 Å². The van der Waals surface area contributed by atoms with Crippen molar-refractivity contribution in [1.29, 1.82) is 0 Å². The Morgan fingerprint density at radius 2 is 2.04 bits per heavy atom. The quantitative estimate of drug-likeness (QED) is 0.794. The van der Waals surface area contributed by atoms with Crippen LogP contribution in [0.3, 0.4) is 0 Å². The number of halogens is 1. The zero-order chi connectivity index (χ0) is 16.8. The molecule has 2 amide bonds. The molecular formula is C15H20ClN3O4S. The first-order chi connectivity index (χ1) is 10.9. The molecule has 1 aromatic rings. The third kappa shape index (κ3) is 3.13. The fraction of sp³-hybridized carbons (Fsp3) is 0.467. The van der Waals surface area contributed by atoms with Crippen LogP contribution in [0.4, 0.5) is 0 Å². The summed E-state index contributed by atoms with van der Waals surface area (Å²) in [5, 5.41) is 5.73. The first-order valence-corrected chi connectivity index (χ1v) is 8.98. The highest BCUT2D eigenvalue weighted by Crippen LogP contribution is 2.39. The fourth-order valence-corrected chi connectivity index (χ4v) is 4.35.